The molecule has 0 aliphatic carbocycles. The molecule has 30 heavy (non-hydrogen) atoms. The van der Waals surface area contributed by atoms with E-state index in [1.807, 2.05) is 54.6 Å². The number of amides is 2. The third-order valence-corrected chi connectivity index (χ3v) is 4.77. The molecular formula is C23H25N3O4. The maximum atomic E-state index is 12.9. The summed E-state index contributed by atoms with van der Waals surface area (Å²) in [7, 11) is 0. The Morgan fingerprint density at radius 1 is 0.933 bits per heavy atom. The molecule has 2 amide bonds. The minimum atomic E-state index is -0.555. The summed E-state index contributed by atoms with van der Waals surface area (Å²) in [6, 6.07) is 16.6. The number of ketones is 1. The number of unbranched alkanes of at least 4 members (excludes halogenated alkanes) is 2. The first-order valence-electron chi connectivity index (χ1n) is 9.94. The molecule has 0 radical (unpaired) electrons. The molecule has 0 unspecified atom stereocenters. The van der Waals surface area contributed by atoms with Crippen molar-refractivity contribution in [2.45, 2.75) is 25.7 Å². The lowest BCUT2D eigenvalue weighted by atomic mass is 10.0. The molecule has 0 fully saturated rings. The first-order valence-corrected chi connectivity index (χ1v) is 9.94. The lowest BCUT2D eigenvalue weighted by Gasteiger charge is -2.07. The second-order valence-electron chi connectivity index (χ2n) is 6.97. The van der Waals surface area contributed by atoms with Gasteiger partial charge in [-0.3, -0.25) is 9.59 Å². The molecule has 3 aromatic rings. The van der Waals surface area contributed by atoms with Crippen LogP contribution in [0.5, 0.6) is 0 Å². The van der Waals surface area contributed by atoms with E-state index in [0.29, 0.717) is 18.5 Å². The summed E-state index contributed by atoms with van der Waals surface area (Å²) in [4.78, 5) is 38.8. The molecule has 4 N–H and O–H groups in total. The highest BCUT2D eigenvalue weighted by Gasteiger charge is 2.20. The third-order valence-electron chi connectivity index (χ3n) is 4.77. The largest absolute Gasteiger partial charge is 0.457 e. The summed E-state index contributed by atoms with van der Waals surface area (Å²) >= 11 is 0. The predicted octanol–water partition coefficient (Wildman–Crippen LogP) is 3.79. The van der Waals surface area contributed by atoms with Crippen molar-refractivity contribution in [3.8, 4) is 11.3 Å². The van der Waals surface area contributed by atoms with Gasteiger partial charge in [-0.05, 0) is 24.5 Å². The summed E-state index contributed by atoms with van der Waals surface area (Å²) in [5.41, 5.74) is 7.99. The van der Waals surface area contributed by atoms with Gasteiger partial charge in [-0.15, -0.1) is 0 Å². The number of primary amides is 1. The number of carbonyl (C=O) groups is 3. The highest BCUT2D eigenvalue weighted by atomic mass is 16.5. The third kappa shape index (κ3) is 5.47. The fraction of sp³-hybridized carbons (Fsp3) is 0.261. The molecule has 0 aliphatic heterocycles. The number of benzene rings is 2. The average Bonchev–Trinajstić information content (AvgIpc) is 3.14. The molecule has 0 aliphatic rings. The Kier molecular flexibility index (Phi) is 7.21. The number of hydrogen-bond donors (Lipinski definition) is 3. The fourth-order valence-electron chi connectivity index (χ4n) is 3.33. The predicted molar refractivity (Wildman–Crippen MR) is 115 cm³/mol. The van der Waals surface area contributed by atoms with Gasteiger partial charge in [0, 0.05) is 23.9 Å². The Bertz CT molecular complexity index is 1030. The van der Waals surface area contributed by atoms with Gasteiger partial charge in [0.2, 0.25) is 5.78 Å². The van der Waals surface area contributed by atoms with E-state index in [2.05, 4.69) is 10.3 Å². The summed E-state index contributed by atoms with van der Waals surface area (Å²) < 4.78 is 5.22. The van der Waals surface area contributed by atoms with Gasteiger partial charge >= 0.3 is 12.0 Å². The van der Waals surface area contributed by atoms with E-state index >= 15 is 0 Å². The number of hydrogen-bond acceptors (Lipinski definition) is 4. The lowest BCUT2D eigenvalue weighted by molar-refractivity contribution is -0.142. The highest BCUT2D eigenvalue weighted by Crippen LogP contribution is 2.30. The van der Waals surface area contributed by atoms with E-state index < -0.39 is 12.0 Å². The number of nitrogens with one attached hydrogen (secondary N) is 2. The number of aromatic amines is 1. The van der Waals surface area contributed by atoms with Crippen LogP contribution in [0, 0.1) is 0 Å². The van der Waals surface area contributed by atoms with Crippen LogP contribution in [0.3, 0.4) is 0 Å². The van der Waals surface area contributed by atoms with Crippen LogP contribution in [0.4, 0.5) is 4.79 Å². The first-order chi connectivity index (χ1) is 14.6. The van der Waals surface area contributed by atoms with Crippen molar-refractivity contribution in [1.82, 2.24) is 10.3 Å². The average molecular weight is 407 g/mol. The van der Waals surface area contributed by atoms with Crippen LogP contribution in [0.25, 0.3) is 22.2 Å². The zero-order chi connectivity index (χ0) is 21.3. The maximum absolute atomic E-state index is 12.9. The molecule has 3 rings (SSSR count). The lowest BCUT2D eigenvalue weighted by Crippen LogP contribution is -2.29. The number of fused-ring (bicyclic) bond motifs is 1. The second kappa shape index (κ2) is 10.2. The van der Waals surface area contributed by atoms with E-state index in [-0.39, 0.29) is 18.8 Å². The normalized spacial score (nSPS) is 10.7. The van der Waals surface area contributed by atoms with Crippen molar-refractivity contribution in [3.05, 3.63) is 60.2 Å². The van der Waals surface area contributed by atoms with Crippen LogP contribution in [0.1, 0.15) is 36.0 Å². The minimum absolute atomic E-state index is 0.225. The molecule has 7 nitrogen and oxygen atoms in total. The van der Waals surface area contributed by atoms with Gasteiger partial charge in [-0.25, -0.2) is 4.79 Å². The van der Waals surface area contributed by atoms with Crippen molar-refractivity contribution >= 4 is 28.7 Å². The van der Waals surface area contributed by atoms with Gasteiger partial charge in [0.05, 0.1) is 11.3 Å². The van der Waals surface area contributed by atoms with Crippen LogP contribution in [0.2, 0.25) is 0 Å². The molecular weight excluding hydrogens is 382 g/mol. The molecule has 156 valence electrons. The number of Topliss-reactive ketones (excluding diaryl/α,β-unsaturated/α-hetero) is 1. The molecule has 1 heterocycles. The number of esters is 1. The van der Waals surface area contributed by atoms with Crippen LogP contribution < -0.4 is 11.1 Å². The van der Waals surface area contributed by atoms with Gasteiger partial charge in [-0.2, -0.15) is 0 Å². The molecule has 0 saturated heterocycles. The number of para-hydroxylation sites is 1. The number of rotatable bonds is 10. The zero-order valence-corrected chi connectivity index (χ0v) is 16.6. The van der Waals surface area contributed by atoms with Crippen LogP contribution in [0.15, 0.2) is 54.6 Å². The van der Waals surface area contributed by atoms with Crippen molar-refractivity contribution in [2.75, 3.05) is 13.2 Å². The maximum Gasteiger partial charge on any atom is 0.312 e. The minimum Gasteiger partial charge on any atom is -0.457 e. The van der Waals surface area contributed by atoms with Gasteiger partial charge in [-0.1, -0.05) is 55.0 Å². The van der Waals surface area contributed by atoms with Crippen molar-refractivity contribution < 1.29 is 19.1 Å². The van der Waals surface area contributed by atoms with Gasteiger partial charge in [0.1, 0.15) is 0 Å². The van der Waals surface area contributed by atoms with Crippen molar-refractivity contribution in [3.63, 3.8) is 0 Å². The Morgan fingerprint density at radius 2 is 1.67 bits per heavy atom. The van der Waals surface area contributed by atoms with Gasteiger partial charge < -0.3 is 20.8 Å². The summed E-state index contributed by atoms with van der Waals surface area (Å²) in [6.07, 6.45) is 2.33. The van der Waals surface area contributed by atoms with E-state index in [4.69, 9.17) is 10.5 Å². The Balaban J connectivity index is 1.60. The molecule has 1 aromatic heterocycles. The second-order valence-corrected chi connectivity index (χ2v) is 6.97. The van der Waals surface area contributed by atoms with Crippen molar-refractivity contribution in [1.29, 1.82) is 0 Å². The summed E-state index contributed by atoms with van der Waals surface area (Å²) in [5, 5.41) is 3.30. The Morgan fingerprint density at radius 3 is 2.43 bits per heavy atom. The van der Waals surface area contributed by atoms with E-state index in [1.165, 1.54) is 0 Å². The summed E-state index contributed by atoms with van der Waals surface area (Å²) in [5.74, 6) is -0.655. The zero-order valence-electron chi connectivity index (χ0n) is 16.6. The topological polar surface area (TPSA) is 114 Å². The van der Waals surface area contributed by atoms with E-state index in [1.54, 1.807) is 0 Å². The number of nitrogens with two attached hydrogens (primary N) is 1. The number of aromatic nitrogens is 1. The SMILES string of the molecule is NC(=O)NCCCCCC(=O)OCC(=O)c1c(-c2ccccc2)[nH]c2ccccc12. The Labute approximate surface area is 174 Å². The number of ether oxygens (including phenoxy) is 1. The van der Waals surface area contributed by atoms with Crippen LogP contribution in [-0.4, -0.2) is 35.9 Å². The van der Waals surface area contributed by atoms with E-state index in [9.17, 15) is 14.4 Å². The smallest absolute Gasteiger partial charge is 0.312 e. The van der Waals surface area contributed by atoms with Crippen LogP contribution >= 0.6 is 0 Å². The quantitative estimate of drug-likeness (QED) is 0.269. The molecule has 0 saturated carbocycles. The fourth-order valence-corrected chi connectivity index (χ4v) is 3.33. The standard InChI is InChI=1S/C23H25N3O4/c24-23(29)25-14-8-2-5-13-20(28)30-15-19(27)21-17-11-6-7-12-18(17)26-22(21)16-9-3-1-4-10-16/h1,3-4,6-7,9-12,26H,2,5,8,13-15H2,(H3,24,25,29). The molecule has 0 atom stereocenters. The van der Waals surface area contributed by atoms with E-state index in [0.717, 1.165) is 35.0 Å². The molecule has 0 bridgehead atoms. The summed E-state index contributed by atoms with van der Waals surface area (Å²) in [6.45, 7) is 0.176. The van der Waals surface area contributed by atoms with Gasteiger partial charge in [0.15, 0.2) is 6.61 Å². The first kappa shape index (κ1) is 21.1. The number of H-pyrrole nitrogens is 1. The van der Waals surface area contributed by atoms with Crippen molar-refractivity contribution in [2.24, 2.45) is 5.73 Å². The Hall–Kier alpha value is -3.61. The van der Waals surface area contributed by atoms with Gasteiger partial charge in [0.25, 0.3) is 0 Å². The molecule has 7 heteroatoms. The van der Waals surface area contributed by atoms with Crippen LogP contribution in [-0.2, 0) is 9.53 Å². The highest BCUT2D eigenvalue weighted by molar-refractivity contribution is 6.14. The number of urea groups is 1. The molecule has 2 aromatic carbocycles. The monoisotopic (exact) mass is 407 g/mol. The molecule has 0 spiro atoms. The number of carbonyl (C=O) groups excluding carboxylic acids is 3.